The van der Waals surface area contributed by atoms with E-state index in [1.807, 2.05) is 12.1 Å². The van der Waals surface area contributed by atoms with Gasteiger partial charge >= 0.3 is 0 Å². The molecular formula is C62H40O2. The van der Waals surface area contributed by atoms with E-state index in [1.165, 1.54) is 61.2 Å². The van der Waals surface area contributed by atoms with Crippen LogP contribution in [0.15, 0.2) is 233 Å². The van der Waals surface area contributed by atoms with Crippen LogP contribution in [0.4, 0.5) is 0 Å². The van der Waals surface area contributed by atoms with Crippen molar-refractivity contribution < 1.29 is 8.83 Å². The first-order valence-corrected chi connectivity index (χ1v) is 22.1. The zero-order valence-electron chi connectivity index (χ0n) is 35.0. The first-order valence-electron chi connectivity index (χ1n) is 22.1. The third kappa shape index (κ3) is 6.02. The summed E-state index contributed by atoms with van der Waals surface area (Å²) in [6, 6.07) is 81.4. The van der Waals surface area contributed by atoms with Crippen molar-refractivity contribution in [2.75, 3.05) is 0 Å². The van der Waals surface area contributed by atoms with E-state index < -0.39 is 0 Å². The second-order valence-corrected chi connectivity index (χ2v) is 17.1. The zero-order valence-corrected chi connectivity index (χ0v) is 35.0. The number of rotatable bonds is 7. The minimum Gasteiger partial charge on any atom is -0.456 e. The van der Waals surface area contributed by atoms with Gasteiger partial charge in [-0.15, -0.1) is 0 Å². The molecule has 1 aliphatic carbocycles. The molecule has 64 heavy (non-hydrogen) atoms. The van der Waals surface area contributed by atoms with Crippen molar-refractivity contribution in [3.05, 3.63) is 252 Å². The molecular weight excluding hydrogens is 777 g/mol. The van der Waals surface area contributed by atoms with Gasteiger partial charge in [0.25, 0.3) is 0 Å². The summed E-state index contributed by atoms with van der Waals surface area (Å²) < 4.78 is 13.5. The molecule has 2 heteroatoms. The summed E-state index contributed by atoms with van der Waals surface area (Å²) in [5.41, 5.74) is 22.0. The Labute approximate surface area is 371 Å². The molecule has 0 radical (unpaired) electrons. The van der Waals surface area contributed by atoms with Crippen LogP contribution in [0.5, 0.6) is 0 Å². The highest BCUT2D eigenvalue weighted by atomic mass is 16.3. The Morgan fingerprint density at radius 2 is 0.844 bits per heavy atom. The van der Waals surface area contributed by atoms with E-state index in [1.54, 1.807) is 0 Å². The molecule has 1 unspecified atom stereocenters. The molecule has 1 aliphatic rings. The number of benzene rings is 10. The zero-order chi connectivity index (χ0) is 42.1. The summed E-state index contributed by atoms with van der Waals surface area (Å²) in [6.45, 7) is 0. The highest BCUT2D eigenvalue weighted by molar-refractivity contribution is 6.23. The van der Waals surface area contributed by atoms with Crippen LogP contribution in [0, 0.1) is 0 Å². The van der Waals surface area contributed by atoms with Crippen LogP contribution in [0.1, 0.15) is 33.7 Å². The summed E-state index contributed by atoms with van der Waals surface area (Å²) in [5, 5.41) is 4.26. The van der Waals surface area contributed by atoms with Gasteiger partial charge in [0.15, 0.2) is 0 Å². The van der Waals surface area contributed by atoms with Gasteiger partial charge in [-0.1, -0.05) is 200 Å². The van der Waals surface area contributed by atoms with Crippen molar-refractivity contribution in [1.82, 2.24) is 0 Å². The van der Waals surface area contributed by atoms with Gasteiger partial charge in [-0.3, -0.25) is 0 Å². The first-order chi connectivity index (χ1) is 31.7. The maximum Gasteiger partial charge on any atom is 0.144 e. The molecule has 300 valence electrons. The molecule has 0 N–H and O–H groups in total. The van der Waals surface area contributed by atoms with E-state index in [2.05, 4.69) is 212 Å². The predicted molar refractivity (Wildman–Crippen MR) is 265 cm³/mol. The Hall–Kier alpha value is -8.20. The van der Waals surface area contributed by atoms with Gasteiger partial charge in [0.2, 0.25) is 0 Å². The third-order valence-corrected chi connectivity index (χ3v) is 13.5. The van der Waals surface area contributed by atoms with Crippen LogP contribution in [-0.2, 0) is 6.42 Å². The highest BCUT2D eigenvalue weighted by Gasteiger charge is 2.24. The lowest BCUT2D eigenvalue weighted by atomic mass is 9.83. The van der Waals surface area contributed by atoms with Crippen LogP contribution in [-0.4, -0.2) is 0 Å². The normalized spacial score (nSPS) is 12.6. The van der Waals surface area contributed by atoms with Crippen molar-refractivity contribution >= 4 is 43.9 Å². The summed E-state index contributed by atoms with van der Waals surface area (Å²) in [5.74, 6) is 0.0691. The van der Waals surface area contributed by atoms with Crippen LogP contribution < -0.4 is 0 Å². The Bertz CT molecular complexity index is 3700. The Balaban J connectivity index is 0.906. The molecule has 0 bridgehead atoms. The fourth-order valence-electron chi connectivity index (χ4n) is 10.3. The van der Waals surface area contributed by atoms with Gasteiger partial charge in [0, 0.05) is 33.0 Å². The van der Waals surface area contributed by atoms with Crippen molar-refractivity contribution in [3.63, 3.8) is 0 Å². The molecule has 0 saturated carbocycles. The molecule has 13 rings (SSSR count). The predicted octanol–water partition coefficient (Wildman–Crippen LogP) is 16.9. The van der Waals surface area contributed by atoms with Crippen molar-refractivity contribution in [3.8, 4) is 55.6 Å². The van der Waals surface area contributed by atoms with Crippen molar-refractivity contribution in [2.24, 2.45) is 0 Å². The number of furan rings is 2. The van der Waals surface area contributed by atoms with E-state index in [0.29, 0.717) is 0 Å². The van der Waals surface area contributed by atoms with Gasteiger partial charge in [0.05, 0.1) is 0 Å². The van der Waals surface area contributed by atoms with E-state index >= 15 is 0 Å². The Morgan fingerprint density at radius 3 is 1.56 bits per heavy atom. The van der Waals surface area contributed by atoms with E-state index in [-0.39, 0.29) is 5.92 Å². The molecule has 2 heterocycles. The van der Waals surface area contributed by atoms with E-state index in [0.717, 1.165) is 72.6 Å². The number of hydrogen-bond acceptors (Lipinski definition) is 2. The quantitative estimate of drug-likeness (QED) is 0.150. The van der Waals surface area contributed by atoms with E-state index in [9.17, 15) is 0 Å². The van der Waals surface area contributed by atoms with Gasteiger partial charge in [-0.25, -0.2) is 0 Å². The lowest BCUT2D eigenvalue weighted by Gasteiger charge is -2.21. The Kier molecular flexibility index (Phi) is 8.39. The average molecular weight is 817 g/mol. The largest absolute Gasteiger partial charge is 0.456 e. The molecule has 12 aromatic rings. The lowest BCUT2D eigenvalue weighted by Crippen LogP contribution is -2.04. The maximum atomic E-state index is 6.87. The average Bonchev–Trinajstić information content (AvgIpc) is 4.05. The van der Waals surface area contributed by atoms with Gasteiger partial charge in [-0.2, -0.15) is 0 Å². The molecule has 0 amide bonds. The van der Waals surface area contributed by atoms with Gasteiger partial charge < -0.3 is 8.83 Å². The molecule has 10 aromatic carbocycles. The maximum absolute atomic E-state index is 6.87. The van der Waals surface area contributed by atoms with Crippen LogP contribution in [0.3, 0.4) is 0 Å². The number of fused-ring (bicyclic) bond motifs is 9. The summed E-state index contributed by atoms with van der Waals surface area (Å²) in [6.07, 6.45) is 0.965. The minimum absolute atomic E-state index is 0.0691. The molecule has 0 aliphatic heterocycles. The van der Waals surface area contributed by atoms with Crippen LogP contribution >= 0.6 is 0 Å². The van der Waals surface area contributed by atoms with Crippen molar-refractivity contribution in [1.29, 1.82) is 0 Å². The standard InChI is InChI=1S/C62H40O2/c1-3-11-39(12-4-1)41-19-25-44(26-20-41)59(49-31-33-52-50(36-49)35-48-15-7-8-16-51(48)52)45-27-23-43(24-28-45)47-32-34-57-54(37-47)55-38-58-61(53-17-9-10-18-56(53)63-58)60(62(55)64-57)46-29-21-42(22-30-46)40-13-5-2-6-14-40/h1-34,36-38,59H,35H2. The first kappa shape index (κ1) is 36.5. The summed E-state index contributed by atoms with van der Waals surface area (Å²) in [4.78, 5) is 0. The highest BCUT2D eigenvalue weighted by Crippen LogP contribution is 2.46. The lowest BCUT2D eigenvalue weighted by molar-refractivity contribution is 0.664. The van der Waals surface area contributed by atoms with Gasteiger partial charge in [0.1, 0.15) is 22.3 Å². The fraction of sp³-hybridized carbons (Fsp3) is 0.0323. The SMILES string of the molecule is c1ccc(-c2ccc(-c3c4oc5ccc(-c6ccc(C(c7ccc(-c8ccccc8)cc7)c7ccc8c(c7)Cc7ccccc7-8)cc6)cc5c4cc4oc5ccccc5c34)cc2)cc1. The molecule has 0 fully saturated rings. The molecule has 2 nitrogen and oxygen atoms in total. The number of para-hydroxylation sites is 1. The molecule has 0 spiro atoms. The van der Waals surface area contributed by atoms with Gasteiger partial charge in [-0.05, 0) is 109 Å². The number of hydrogen-bond donors (Lipinski definition) is 0. The molecule has 1 atom stereocenters. The summed E-state index contributed by atoms with van der Waals surface area (Å²) >= 11 is 0. The summed E-state index contributed by atoms with van der Waals surface area (Å²) in [7, 11) is 0. The minimum atomic E-state index is 0.0691. The van der Waals surface area contributed by atoms with Crippen LogP contribution in [0.2, 0.25) is 0 Å². The molecule has 2 aromatic heterocycles. The molecule has 0 saturated heterocycles. The topological polar surface area (TPSA) is 26.3 Å². The third-order valence-electron chi connectivity index (χ3n) is 13.5. The second kappa shape index (κ2) is 14.7. The smallest absolute Gasteiger partial charge is 0.144 e. The second-order valence-electron chi connectivity index (χ2n) is 17.1. The van der Waals surface area contributed by atoms with Crippen LogP contribution in [0.25, 0.3) is 99.5 Å². The monoisotopic (exact) mass is 816 g/mol. The Morgan fingerprint density at radius 1 is 0.312 bits per heavy atom. The fourth-order valence-corrected chi connectivity index (χ4v) is 10.3. The van der Waals surface area contributed by atoms with E-state index in [4.69, 9.17) is 8.83 Å². The van der Waals surface area contributed by atoms with Crippen molar-refractivity contribution in [2.45, 2.75) is 12.3 Å².